The standard InChI is InChI=1S/C11H15NO3S/c13-10(14)4-3-9-7-16-11(12-9)8-2-1-5-15-6-8/h7-8H,1-6H2,(H,13,14). The summed E-state index contributed by atoms with van der Waals surface area (Å²) in [6, 6.07) is 0. The lowest BCUT2D eigenvalue weighted by Crippen LogP contribution is -2.15. The summed E-state index contributed by atoms with van der Waals surface area (Å²) in [5.74, 6) is -0.354. The van der Waals surface area contributed by atoms with Crippen molar-refractivity contribution in [2.75, 3.05) is 13.2 Å². The monoisotopic (exact) mass is 241 g/mol. The van der Waals surface area contributed by atoms with Crippen molar-refractivity contribution in [3.8, 4) is 0 Å². The van der Waals surface area contributed by atoms with Crippen molar-refractivity contribution in [2.24, 2.45) is 0 Å². The molecule has 0 amide bonds. The van der Waals surface area contributed by atoms with Crippen molar-refractivity contribution in [1.82, 2.24) is 4.98 Å². The van der Waals surface area contributed by atoms with Crippen LogP contribution in [0.4, 0.5) is 0 Å². The molecule has 1 aliphatic heterocycles. The van der Waals surface area contributed by atoms with Gasteiger partial charge in [0, 0.05) is 24.3 Å². The lowest BCUT2D eigenvalue weighted by atomic mass is 10.0. The third kappa shape index (κ3) is 3.02. The second-order valence-corrected chi connectivity index (χ2v) is 4.87. The second-order valence-electron chi connectivity index (χ2n) is 3.98. The van der Waals surface area contributed by atoms with Crippen LogP contribution >= 0.6 is 11.3 Å². The number of nitrogens with zero attached hydrogens (tertiary/aromatic N) is 1. The Bertz CT molecular complexity index is 358. The number of aliphatic carboxylic acids is 1. The molecule has 2 rings (SSSR count). The summed E-state index contributed by atoms with van der Waals surface area (Å²) in [5.41, 5.74) is 0.896. The zero-order chi connectivity index (χ0) is 11.4. The van der Waals surface area contributed by atoms with E-state index in [-0.39, 0.29) is 6.42 Å². The van der Waals surface area contributed by atoms with Gasteiger partial charge in [-0.25, -0.2) is 4.98 Å². The van der Waals surface area contributed by atoms with Gasteiger partial charge in [0.25, 0.3) is 0 Å². The van der Waals surface area contributed by atoms with Crippen LogP contribution in [0.2, 0.25) is 0 Å². The van der Waals surface area contributed by atoms with Gasteiger partial charge in [0.1, 0.15) is 0 Å². The lowest BCUT2D eigenvalue weighted by Gasteiger charge is -2.19. The molecule has 1 saturated heterocycles. The Morgan fingerprint density at radius 2 is 2.56 bits per heavy atom. The summed E-state index contributed by atoms with van der Waals surface area (Å²) in [6.07, 6.45) is 2.91. The average Bonchev–Trinajstić information content (AvgIpc) is 2.76. The fourth-order valence-corrected chi connectivity index (χ4v) is 2.77. The summed E-state index contributed by atoms with van der Waals surface area (Å²) in [6.45, 7) is 1.61. The van der Waals surface area contributed by atoms with E-state index in [0.717, 1.165) is 36.8 Å². The average molecular weight is 241 g/mol. The molecule has 0 bridgehead atoms. The number of hydrogen-bond donors (Lipinski definition) is 1. The van der Waals surface area contributed by atoms with E-state index in [9.17, 15) is 4.79 Å². The summed E-state index contributed by atoms with van der Waals surface area (Å²) in [7, 11) is 0. The molecule has 0 spiro atoms. The molecule has 4 nitrogen and oxygen atoms in total. The van der Waals surface area contributed by atoms with Crippen LogP contribution < -0.4 is 0 Å². The van der Waals surface area contributed by atoms with Crippen molar-refractivity contribution in [1.29, 1.82) is 0 Å². The number of hydrogen-bond acceptors (Lipinski definition) is 4. The minimum atomic E-state index is -0.768. The van der Waals surface area contributed by atoms with E-state index in [2.05, 4.69) is 4.98 Å². The number of carboxylic acids is 1. The molecule has 1 atom stereocenters. The van der Waals surface area contributed by atoms with Gasteiger partial charge >= 0.3 is 5.97 Å². The van der Waals surface area contributed by atoms with E-state index in [1.54, 1.807) is 11.3 Å². The van der Waals surface area contributed by atoms with Gasteiger partial charge in [0.15, 0.2) is 0 Å². The Balaban J connectivity index is 1.93. The fraction of sp³-hybridized carbons (Fsp3) is 0.636. The first-order valence-electron chi connectivity index (χ1n) is 5.49. The summed E-state index contributed by atoms with van der Waals surface area (Å²) in [5, 5.41) is 11.6. The summed E-state index contributed by atoms with van der Waals surface area (Å²) in [4.78, 5) is 14.9. The number of carbonyl (C=O) groups is 1. The van der Waals surface area contributed by atoms with Crippen LogP contribution in [-0.2, 0) is 16.0 Å². The molecule has 1 aliphatic rings. The highest BCUT2D eigenvalue weighted by atomic mass is 32.1. The van der Waals surface area contributed by atoms with Crippen molar-refractivity contribution < 1.29 is 14.6 Å². The predicted molar refractivity (Wildman–Crippen MR) is 60.9 cm³/mol. The van der Waals surface area contributed by atoms with Crippen LogP contribution in [-0.4, -0.2) is 29.3 Å². The highest BCUT2D eigenvalue weighted by molar-refractivity contribution is 7.09. The van der Waals surface area contributed by atoms with Crippen LogP contribution in [0.1, 0.15) is 35.9 Å². The zero-order valence-electron chi connectivity index (χ0n) is 9.02. The fourth-order valence-electron chi connectivity index (χ4n) is 1.80. The van der Waals surface area contributed by atoms with E-state index >= 15 is 0 Å². The molecule has 2 heterocycles. The molecule has 1 aromatic heterocycles. The van der Waals surface area contributed by atoms with Crippen molar-refractivity contribution in [3.63, 3.8) is 0 Å². The maximum atomic E-state index is 10.4. The van der Waals surface area contributed by atoms with E-state index in [1.165, 1.54) is 0 Å². The topological polar surface area (TPSA) is 59.4 Å². The smallest absolute Gasteiger partial charge is 0.303 e. The van der Waals surface area contributed by atoms with Gasteiger partial charge in [-0.15, -0.1) is 11.3 Å². The van der Waals surface area contributed by atoms with Gasteiger partial charge in [-0.1, -0.05) is 0 Å². The van der Waals surface area contributed by atoms with Crippen LogP contribution in [0, 0.1) is 0 Å². The van der Waals surface area contributed by atoms with Crippen molar-refractivity contribution in [2.45, 2.75) is 31.6 Å². The second kappa shape index (κ2) is 5.41. The number of thiazole rings is 1. The van der Waals surface area contributed by atoms with Crippen LogP contribution in [0.3, 0.4) is 0 Å². The molecule has 0 radical (unpaired) electrons. The molecule has 0 saturated carbocycles. The minimum absolute atomic E-state index is 0.157. The molecule has 0 aliphatic carbocycles. The maximum Gasteiger partial charge on any atom is 0.303 e. The molecule has 0 aromatic carbocycles. The van der Waals surface area contributed by atoms with Crippen molar-refractivity contribution >= 4 is 17.3 Å². The third-order valence-electron chi connectivity index (χ3n) is 2.67. The molecule has 16 heavy (non-hydrogen) atoms. The summed E-state index contributed by atoms with van der Waals surface area (Å²) >= 11 is 1.62. The SMILES string of the molecule is O=C(O)CCc1csc(C2CCCOC2)n1. The first kappa shape index (κ1) is 11.5. The predicted octanol–water partition coefficient (Wildman–Crippen LogP) is 2.05. The molecule has 5 heteroatoms. The number of aryl methyl sites for hydroxylation is 1. The van der Waals surface area contributed by atoms with Gasteiger partial charge in [-0.2, -0.15) is 0 Å². The zero-order valence-corrected chi connectivity index (χ0v) is 9.83. The molecular weight excluding hydrogens is 226 g/mol. The maximum absolute atomic E-state index is 10.4. The Kier molecular flexibility index (Phi) is 3.90. The Labute approximate surface area is 98.3 Å². The number of ether oxygens (including phenoxy) is 1. The normalized spacial score (nSPS) is 20.9. The van der Waals surface area contributed by atoms with E-state index < -0.39 is 5.97 Å². The Morgan fingerprint density at radius 1 is 1.69 bits per heavy atom. The third-order valence-corrected chi connectivity index (χ3v) is 3.73. The molecule has 1 fully saturated rings. The van der Waals surface area contributed by atoms with E-state index in [4.69, 9.17) is 9.84 Å². The van der Waals surface area contributed by atoms with E-state index in [1.807, 2.05) is 5.38 Å². The first-order valence-corrected chi connectivity index (χ1v) is 6.37. The van der Waals surface area contributed by atoms with Gasteiger partial charge in [-0.3, -0.25) is 4.79 Å². The molecule has 88 valence electrons. The lowest BCUT2D eigenvalue weighted by molar-refractivity contribution is -0.136. The van der Waals surface area contributed by atoms with E-state index in [0.29, 0.717) is 12.3 Å². The molecule has 1 aromatic rings. The molecule has 1 N–H and O–H groups in total. The minimum Gasteiger partial charge on any atom is -0.481 e. The quantitative estimate of drug-likeness (QED) is 0.876. The summed E-state index contributed by atoms with van der Waals surface area (Å²) < 4.78 is 5.42. The Hall–Kier alpha value is -0.940. The van der Waals surface area contributed by atoms with Crippen molar-refractivity contribution in [3.05, 3.63) is 16.1 Å². The van der Waals surface area contributed by atoms with Gasteiger partial charge in [0.05, 0.1) is 23.7 Å². The van der Waals surface area contributed by atoms with Crippen LogP contribution in [0.15, 0.2) is 5.38 Å². The number of carboxylic acid groups (broad SMARTS) is 1. The van der Waals surface area contributed by atoms with Crippen LogP contribution in [0.25, 0.3) is 0 Å². The largest absolute Gasteiger partial charge is 0.481 e. The Morgan fingerprint density at radius 3 is 3.25 bits per heavy atom. The number of rotatable bonds is 4. The molecular formula is C11H15NO3S. The highest BCUT2D eigenvalue weighted by Crippen LogP contribution is 2.28. The highest BCUT2D eigenvalue weighted by Gasteiger charge is 2.19. The molecule has 1 unspecified atom stereocenters. The van der Waals surface area contributed by atoms with Gasteiger partial charge < -0.3 is 9.84 Å². The van der Waals surface area contributed by atoms with Crippen LogP contribution in [0.5, 0.6) is 0 Å². The number of aromatic nitrogens is 1. The van der Waals surface area contributed by atoms with Gasteiger partial charge in [0.2, 0.25) is 0 Å². The first-order chi connectivity index (χ1) is 7.75. The van der Waals surface area contributed by atoms with Gasteiger partial charge in [-0.05, 0) is 12.8 Å².